The van der Waals surface area contributed by atoms with Crippen LogP contribution in [0.25, 0.3) is 0 Å². The van der Waals surface area contributed by atoms with Gasteiger partial charge >= 0.3 is 0 Å². The monoisotopic (exact) mass is 1800 g/mol. The fraction of sp³-hybridized carbons (Fsp3) is 0.280. The van der Waals surface area contributed by atoms with Crippen LogP contribution < -0.4 is 114 Å². The Balaban J connectivity index is 0.000000726. The normalized spacial score (nSPS) is 11.4. The molecule has 9 heterocycles. The van der Waals surface area contributed by atoms with Gasteiger partial charge in [-0.15, -0.1) is 0 Å². The van der Waals surface area contributed by atoms with Gasteiger partial charge in [-0.3, -0.25) is 56.7 Å². The first-order valence-corrected chi connectivity index (χ1v) is 37.5. The minimum absolute atomic E-state index is 0.00130. The molecule has 9 aromatic rings. The molecule has 0 radical (unpaired) electrons. The van der Waals surface area contributed by atoms with E-state index in [9.17, 15) is 0 Å². The van der Waals surface area contributed by atoms with Crippen LogP contribution >= 0.6 is 0 Å². The lowest BCUT2D eigenvalue weighted by Gasteiger charge is -2.25. The molecule has 0 saturated carbocycles. The second-order valence-electron chi connectivity index (χ2n) is 25.2. The number of aliphatic imine (C=N–C) groups is 14. The summed E-state index contributed by atoms with van der Waals surface area (Å²) in [5.41, 5.74) is 96.9. The molecule has 0 aromatic carbocycles. The highest BCUT2D eigenvalue weighted by atomic mass is 16.4. The molecule has 54 nitrogen and oxygen atoms in total. The van der Waals surface area contributed by atoms with Crippen molar-refractivity contribution in [3.63, 3.8) is 0 Å². The van der Waals surface area contributed by atoms with Crippen LogP contribution in [0.5, 0.6) is 0 Å². The predicted molar refractivity (Wildman–Crippen MR) is 504 cm³/mol. The number of aromatic nitrogens is 1. The van der Waals surface area contributed by atoms with E-state index in [1.54, 1.807) is 201 Å². The van der Waals surface area contributed by atoms with Crippen molar-refractivity contribution in [3.8, 4) is 0 Å². The van der Waals surface area contributed by atoms with Crippen LogP contribution in [0.4, 0.5) is 0 Å². The second kappa shape index (κ2) is 62.3. The smallest absolute Gasteiger partial charge is 0.223 e. The zero-order valence-electron chi connectivity index (χ0n) is 74.0. The van der Waals surface area contributed by atoms with Crippen LogP contribution in [0, 0.1) is 21.6 Å². The first-order chi connectivity index (χ1) is 61.2. The van der Waals surface area contributed by atoms with E-state index < -0.39 is 0 Å². The fourth-order valence-corrected chi connectivity index (χ4v) is 8.17. The number of H-pyrrole nitrogens is 1. The summed E-state index contributed by atoms with van der Waals surface area (Å²) in [5, 5.41) is 35.0. The van der Waals surface area contributed by atoms with Crippen molar-refractivity contribution >= 4 is 107 Å². The summed E-state index contributed by atoms with van der Waals surface area (Å²) in [6, 6.07) is 32.8. The fourth-order valence-electron chi connectivity index (χ4n) is 8.17. The molecule has 0 spiro atoms. The minimum Gasteiger partial charge on any atom is -0.467 e. The van der Waals surface area contributed by atoms with Crippen LogP contribution in [-0.4, -0.2) is 231 Å². The standard InChI is InChI=1S/C9H16N6.3C9H15N5O.4C8H13N5O.C7H11N5O/c1-15(2)9(11)14-8(10)13-6-7-4-3-5-12-7;1-12-8(10)13-9(11)14(2)6-7-4-3-5-15-7;1-13(6-7-4-3-5-15-7)9(12)14(2)8(10)11;1-12-9(13-8(10)11)14(2)6-7-4-3-5-15-7;1-11-7(9)13-8(10)12-5-6-3-2-4-14-6;1-13(8(11)12-7(9)10)5-6-3-2-4-14-6;1-13(7(9)10)8(11)12-5-6-3-2-4-14-6;1-11-8(13-7(9)10)12-5-6-3-2-4-14-6;8-6(9)12-7(10)11-4-5-2-1-3-13-5/h3-5,12H,6H2,1-2H3,(H4,10,11,13,14);3-5H,6H2,1-2H3,(H4,10,11,12,13);3-5,12H,6H2,1-2H3,(H3,10,11);3-5H,6H2,1-2H3,(H4,10,11,12,13);2-4H,5H2,1H3,(H5,9,10,11,12,13);2-4H,5H2,1H3,(H5,9,10,11,12);2-4H,5H2,1H3,(H3,9,10)(H2,11,12);2-4H,5H2,1H3,(H5,9,10,11,12,13);1-3H,4H2,(H6,8,9,10,11,12). The number of aromatic amines is 1. The molecule has 9 aromatic heterocycles. The van der Waals surface area contributed by atoms with Gasteiger partial charge in [0.2, 0.25) is 35.8 Å². The van der Waals surface area contributed by atoms with Crippen molar-refractivity contribution in [3.05, 3.63) is 217 Å². The Kier molecular flexibility index (Phi) is 52.7. The van der Waals surface area contributed by atoms with E-state index in [4.69, 9.17) is 160 Å². The number of rotatable bonds is 18. The van der Waals surface area contributed by atoms with Gasteiger partial charge in [0.05, 0.1) is 89.4 Å². The van der Waals surface area contributed by atoms with Gasteiger partial charge in [-0.2, -0.15) is 30.0 Å². The quantitative estimate of drug-likeness (QED) is 0.0346. The maximum atomic E-state index is 7.72. The third kappa shape index (κ3) is 51.5. The van der Waals surface area contributed by atoms with Gasteiger partial charge in [-0.05, 0) is 109 Å². The Bertz CT molecular complexity index is 5000. The summed E-state index contributed by atoms with van der Waals surface area (Å²) >= 11 is 0. The lowest BCUT2D eigenvalue weighted by Crippen LogP contribution is -2.45. The Morgan fingerprint density at radius 2 is 0.729 bits per heavy atom. The van der Waals surface area contributed by atoms with Crippen molar-refractivity contribution in [2.24, 2.45) is 173 Å². The van der Waals surface area contributed by atoms with Crippen LogP contribution in [0.15, 0.2) is 271 Å². The summed E-state index contributed by atoms with van der Waals surface area (Å²) in [4.78, 5) is 67.6. The SMILES string of the molecule is CN(C(=N)N)C(N)=NCc1ccco1.CN(C)C(N)=NC(N)=NCc1ccc[nH]1.CN(Cc1ccco1)C(=N)N(C)C(=N)N.CN(Cc1ccco1)C(=N)N=C(N)N.CN=C(N)N=C(N)N(C)Cc1ccco1.CN=C(N)NC(N)=NCc1ccco1.CN=C(N=C(N)N)N(C)Cc1ccco1.CN=C(N=C(N)N)NCc1ccco1.NC(N)=NC(N)=NCc1ccco1. The number of hydrogen-bond donors (Lipinski definition) is 25. The van der Waals surface area contributed by atoms with E-state index in [-0.39, 0.29) is 83.4 Å². The van der Waals surface area contributed by atoms with Crippen LogP contribution in [0.3, 0.4) is 0 Å². The number of nitrogens with zero attached hydrogens (tertiary/aromatic N) is 21. The van der Waals surface area contributed by atoms with E-state index in [1.165, 1.54) is 9.80 Å². The predicted octanol–water partition coefficient (Wildman–Crippen LogP) is -1.42. The van der Waals surface area contributed by atoms with E-state index in [2.05, 4.69) is 85.5 Å². The number of nitrogens with one attached hydrogen (secondary N) is 7. The molecule has 0 saturated heterocycles. The van der Waals surface area contributed by atoms with Crippen molar-refractivity contribution in [2.75, 3.05) is 84.6 Å². The Hall–Kier alpha value is -17.8. The first-order valence-electron chi connectivity index (χ1n) is 37.5. The van der Waals surface area contributed by atoms with Crippen molar-refractivity contribution in [2.45, 2.75) is 58.9 Å². The number of guanidine groups is 18. The summed E-state index contributed by atoms with van der Waals surface area (Å²) in [5.74, 6) is 8.13. The van der Waals surface area contributed by atoms with Gasteiger partial charge in [0.25, 0.3) is 0 Å². The summed E-state index contributed by atoms with van der Waals surface area (Å²) < 4.78 is 40.9. The van der Waals surface area contributed by atoms with Gasteiger partial charge in [0, 0.05) is 96.5 Å². The molecular formula is C75H124N46O8. The van der Waals surface area contributed by atoms with Gasteiger partial charge in [0.15, 0.2) is 71.5 Å². The molecule has 0 amide bonds. The molecule has 129 heavy (non-hydrogen) atoms. The highest BCUT2D eigenvalue weighted by molar-refractivity contribution is 5.99. The first kappa shape index (κ1) is 109. The van der Waals surface area contributed by atoms with Crippen LogP contribution in [0.2, 0.25) is 0 Å². The second-order valence-corrected chi connectivity index (χ2v) is 25.2. The van der Waals surface area contributed by atoms with Crippen molar-refractivity contribution < 1.29 is 35.3 Å². The molecule has 54 heteroatoms. The lowest BCUT2D eigenvalue weighted by atomic mass is 10.4. The van der Waals surface area contributed by atoms with Gasteiger partial charge in [-0.1, -0.05) is 0 Å². The topological polar surface area (TPSA) is 904 Å². The third-order valence-electron chi connectivity index (χ3n) is 14.7. The van der Waals surface area contributed by atoms with Crippen molar-refractivity contribution in [1.29, 1.82) is 21.6 Å². The molecule has 0 aliphatic heterocycles. The van der Waals surface area contributed by atoms with E-state index >= 15 is 0 Å². The lowest BCUT2D eigenvalue weighted by molar-refractivity contribution is 0.382. The average molecular weight is 1800 g/mol. The molecular weight excluding hydrogens is 1670 g/mol. The Morgan fingerprint density at radius 1 is 0.341 bits per heavy atom. The molecule has 9 rings (SSSR count). The zero-order valence-corrected chi connectivity index (χ0v) is 74.0. The minimum atomic E-state index is -0.161. The number of hydrogen-bond acceptors (Lipinski definition) is 20. The highest BCUT2D eigenvalue weighted by Gasteiger charge is 2.15. The largest absolute Gasteiger partial charge is 0.467 e. The maximum absolute atomic E-state index is 7.72. The molecule has 0 atom stereocenters. The zero-order chi connectivity index (χ0) is 96.8. The molecule has 702 valence electrons. The van der Waals surface area contributed by atoms with Gasteiger partial charge in [-0.25, -0.2) is 20.0 Å². The van der Waals surface area contributed by atoms with Gasteiger partial charge < -0.3 is 173 Å². The number of nitrogens with two attached hydrogens (primary N) is 18. The van der Waals surface area contributed by atoms with E-state index in [0.717, 1.165) is 40.3 Å². The van der Waals surface area contributed by atoms with E-state index in [0.29, 0.717) is 94.3 Å². The molecule has 0 fully saturated rings. The van der Waals surface area contributed by atoms with Crippen LogP contribution in [0.1, 0.15) is 51.8 Å². The Morgan fingerprint density at radius 3 is 1.11 bits per heavy atom. The third-order valence-corrected chi connectivity index (χ3v) is 14.7. The molecule has 0 unspecified atom stereocenters. The molecule has 0 bridgehead atoms. The Labute approximate surface area is 745 Å². The maximum Gasteiger partial charge on any atom is 0.223 e. The van der Waals surface area contributed by atoms with Gasteiger partial charge in [0.1, 0.15) is 65.7 Å². The number of furan rings is 8. The highest BCUT2D eigenvalue weighted by Crippen LogP contribution is 2.10. The molecule has 0 aliphatic carbocycles. The molecule has 43 N–H and O–H groups in total. The van der Waals surface area contributed by atoms with Crippen LogP contribution in [-0.2, 0) is 58.9 Å². The average Bonchev–Trinajstić information content (AvgIpc) is 1.88. The summed E-state index contributed by atoms with van der Waals surface area (Å²) in [7, 11) is 20.1. The van der Waals surface area contributed by atoms with E-state index in [1.807, 2.05) is 73.9 Å². The molecule has 0 aliphatic rings. The summed E-state index contributed by atoms with van der Waals surface area (Å²) in [6.45, 7) is 4.07. The summed E-state index contributed by atoms with van der Waals surface area (Å²) in [6.07, 6.45) is 14.5. The van der Waals surface area contributed by atoms with Crippen molar-refractivity contribution in [1.82, 2.24) is 49.9 Å².